The Morgan fingerprint density at radius 3 is 3.00 bits per heavy atom. The van der Waals surface area contributed by atoms with Crippen molar-refractivity contribution in [3.8, 4) is 5.88 Å². The molecule has 20 heavy (non-hydrogen) atoms. The van der Waals surface area contributed by atoms with Crippen LogP contribution in [0, 0.1) is 5.92 Å². The van der Waals surface area contributed by atoms with Crippen molar-refractivity contribution in [1.82, 2.24) is 9.97 Å². The fourth-order valence-electron chi connectivity index (χ4n) is 2.31. The van der Waals surface area contributed by atoms with Gasteiger partial charge in [0.1, 0.15) is 5.92 Å². The van der Waals surface area contributed by atoms with Crippen LogP contribution < -0.4 is 9.64 Å². The summed E-state index contributed by atoms with van der Waals surface area (Å²) < 4.78 is 10.7. The summed E-state index contributed by atoms with van der Waals surface area (Å²) in [5, 5.41) is 9.24. The predicted molar refractivity (Wildman–Crippen MR) is 72.0 cm³/mol. The fourth-order valence-corrected chi connectivity index (χ4v) is 2.31. The Balaban J connectivity index is 2.23. The van der Waals surface area contributed by atoms with Gasteiger partial charge in [0.15, 0.2) is 0 Å². The molecule has 0 amide bonds. The van der Waals surface area contributed by atoms with Gasteiger partial charge >= 0.3 is 5.97 Å². The highest BCUT2D eigenvalue weighted by Crippen LogP contribution is 2.24. The first-order chi connectivity index (χ1) is 9.67. The molecule has 0 spiro atoms. The van der Waals surface area contributed by atoms with E-state index in [4.69, 9.17) is 9.47 Å². The van der Waals surface area contributed by atoms with Gasteiger partial charge in [-0.3, -0.25) is 4.79 Å². The lowest BCUT2D eigenvalue weighted by atomic mass is 10.0. The third-order valence-corrected chi connectivity index (χ3v) is 3.28. The average molecular weight is 281 g/mol. The first-order valence-electron chi connectivity index (χ1n) is 6.70. The third-order valence-electron chi connectivity index (χ3n) is 3.28. The Morgan fingerprint density at radius 2 is 2.35 bits per heavy atom. The minimum Gasteiger partial charge on any atom is -0.481 e. The van der Waals surface area contributed by atoms with Gasteiger partial charge in [0.25, 0.3) is 0 Å². The van der Waals surface area contributed by atoms with Crippen LogP contribution in [0.1, 0.15) is 13.8 Å². The SMILES string of the molecule is CCOc1ccnc(N(CC)C2COCC2C(=O)O)n1. The zero-order chi connectivity index (χ0) is 14.5. The predicted octanol–water partition coefficient (Wildman–Crippen LogP) is 0.801. The van der Waals surface area contributed by atoms with Gasteiger partial charge in [-0.15, -0.1) is 0 Å². The summed E-state index contributed by atoms with van der Waals surface area (Å²) in [6.45, 7) is 5.54. The zero-order valence-electron chi connectivity index (χ0n) is 11.7. The summed E-state index contributed by atoms with van der Waals surface area (Å²) in [5.74, 6) is -0.455. The number of hydrogen-bond acceptors (Lipinski definition) is 6. The number of rotatable bonds is 6. The van der Waals surface area contributed by atoms with E-state index in [0.717, 1.165) is 0 Å². The fraction of sp³-hybridized carbons (Fsp3) is 0.615. The maximum Gasteiger partial charge on any atom is 0.311 e. The molecule has 110 valence electrons. The molecule has 2 atom stereocenters. The molecule has 1 aromatic rings. The minimum absolute atomic E-state index is 0.224. The van der Waals surface area contributed by atoms with Gasteiger partial charge in [-0.2, -0.15) is 4.98 Å². The van der Waals surface area contributed by atoms with Gasteiger partial charge in [0.05, 0.1) is 25.9 Å². The van der Waals surface area contributed by atoms with Crippen LogP contribution in [-0.2, 0) is 9.53 Å². The smallest absolute Gasteiger partial charge is 0.311 e. The molecule has 0 aliphatic carbocycles. The van der Waals surface area contributed by atoms with Crippen LogP contribution in [0.15, 0.2) is 12.3 Å². The van der Waals surface area contributed by atoms with Crippen molar-refractivity contribution in [3.05, 3.63) is 12.3 Å². The van der Waals surface area contributed by atoms with Crippen molar-refractivity contribution in [1.29, 1.82) is 0 Å². The molecule has 1 saturated heterocycles. The van der Waals surface area contributed by atoms with Crippen LogP contribution in [0.25, 0.3) is 0 Å². The van der Waals surface area contributed by atoms with Crippen LogP contribution in [-0.4, -0.2) is 53.5 Å². The normalized spacial score (nSPS) is 21.7. The first kappa shape index (κ1) is 14.5. The van der Waals surface area contributed by atoms with Crippen molar-refractivity contribution < 1.29 is 19.4 Å². The van der Waals surface area contributed by atoms with E-state index in [1.54, 1.807) is 12.3 Å². The Labute approximate surface area is 117 Å². The van der Waals surface area contributed by atoms with E-state index in [2.05, 4.69) is 9.97 Å². The van der Waals surface area contributed by atoms with E-state index in [1.165, 1.54) is 0 Å². The first-order valence-corrected chi connectivity index (χ1v) is 6.70. The second-order valence-electron chi connectivity index (χ2n) is 4.46. The molecule has 7 heteroatoms. The summed E-state index contributed by atoms with van der Waals surface area (Å²) in [5.41, 5.74) is 0. The maximum atomic E-state index is 11.3. The Morgan fingerprint density at radius 1 is 1.55 bits per heavy atom. The molecule has 1 aliphatic heterocycles. The lowest BCUT2D eigenvalue weighted by Crippen LogP contribution is -2.44. The van der Waals surface area contributed by atoms with Crippen molar-refractivity contribution in [2.45, 2.75) is 19.9 Å². The van der Waals surface area contributed by atoms with E-state index in [9.17, 15) is 9.90 Å². The minimum atomic E-state index is -0.855. The van der Waals surface area contributed by atoms with Crippen molar-refractivity contribution >= 4 is 11.9 Å². The number of likely N-dealkylation sites (N-methyl/N-ethyl adjacent to an activating group) is 1. The number of aromatic nitrogens is 2. The van der Waals surface area contributed by atoms with Gasteiger partial charge in [-0.25, -0.2) is 4.98 Å². The van der Waals surface area contributed by atoms with Crippen molar-refractivity contribution in [2.75, 3.05) is 31.3 Å². The topological polar surface area (TPSA) is 84.8 Å². The quantitative estimate of drug-likeness (QED) is 0.825. The van der Waals surface area contributed by atoms with Gasteiger partial charge in [0.2, 0.25) is 11.8 Å². The highest BCUT2D eigenvalue weighted by molar-refractivity contribution is 5.72. The summed E-state index contributed by atoms with van der Waals surface area (Å²) in [6, 6.07) is 1.43. The molecule has 1 fully saturated rings. The number of carboxylic acid groups (broad SMARTS) is 1. The highest BCUT2D eigenvalue weighted by Gasteiger charge is 2.38. The van der Waals surface area contributed by atoms with Crippen LogP contribution in [0.4, 0.5) is 5.95 Å². The summed E-state index contributed by atoms with van der Waals surface area (Å²) in [6.07, 6.45) is 1.61. The van der Waals surface area contributed by atoms with Crippen LogP contribution in [0.5, 0.6) is 5.88 Å². The molecule has 1 N–H and O–H groups in total. The van der Waals surface area contributed by atoms with Gasteiger partial charge < -0.3 is 19.5 Å². The van der Waals surface area contributed by atoms with Gasteiger partial charge in [-0.05, 0) is 13.8 Å². The van der Waals surface area contributed by atoms with Gasteiger partial charge in [0, 0.05) is 18.8 Å². The number of nitrogens with zero attached hydrogens (tertiary/aromatic N) is 3. The molecule has 1 aliphatic rings. The maximum absolute atomic E-state index is 11.3. The number of anilines is 1. The number of aliphatic carboxylic acids is 1. The average Bonchev–Trinajstić information content (AvgIpc) is 2.90. The van der Waals surface area contributed by atoms with Crippen LogP contribution in [0.2, 0.25) is 0 Å². The van der Waals surface area contributed by atoms with Crippen molar-refractivity contribution in [3.63, 3.8) is 0 Å². The van der Waals surface area contributed by atoms with E-state index >= 15 is 0 Å². The third kappa shape index (κ3) is 2.98. The molecule has 0 saturated carbocycles. The molecule has 2 heterocycles. The Kier molecular flexibility index (Phi) is 4.73. The monoisotopic (exact) mass is 281 g/mol. The van der Waals surface area contributed by atoms with Crippen LogP contribution in [0.3, 0.4) is 0 Å². The molecule has 2 unspecified atom stereocenters. The molecule has 0 radical (unpaired) electrons. The lowest BCUT2D eigenvalue weighted by Gasteiger charge is -2.29. The lowest BCUT2D eigenvalue weighted by molar-refractivity contribution is -0.141. The zero-order valence-corrected chi connectivity index (χ0v) is 11.7. The molecule has 1 aromatic heterocycles. The van der Waals surface area contributed by atoms with Crippen molar-refractivity contribution in [2.24, 2.45) is 5.92 Å². The second-order valence-corrected chi connectivity index (χ2v) is 4.46. The number of carboxylic acids is 1. The Bertz CT molecular complexity index is 469. The number of hydrogen-bond donors (Lipinski definition) is 1. The summed E-state index contributed by atoms with van der Waals surface area (Å²) in [7, 11) is 0. The summed E-state index contributed by atoms with van der Waals surface area (Å²) in [4.78, 5) is 21.7. The number of ether oxygens (including phenoxy) is 2. The molecule has 0 bridgehead atoms. The largest absolute Gasteiger partial charge is 0.481 e. The van der Waals surface area contributed by atoms with Crippen LogP contribution >= 0.6 is 0 Å². The highest BCUT2D eigenvalue weighted by atomic mass is 16.5. The number of carbonyl (C=O) groups is 1. The molecule has 2 rings (SSSR count). The van der Waals surface area contributed by atoms with Gasteiger partial charge in [-0.1, -0.05) is 0 Å². The molecule has 7 nitrogen and oxygen atoms in total. The standard InChI is InChI=1S/C13H19N3O4/c1-3-16(10-8-19-7-9(10)12(17)18)13-14-6-5-11(15-13)20-4-2/h5-6,9-10H,3-4,7-8H2,1-2H3,(H,17,18). The molecule has 0 aromatic carbocycles. The summed E-state index contributed by atoms with van der Waals surface area (Å²) >= 11 is 0. The van der Waals surface area contributed by atoms with E-state index < -0.39 is 11.9 Å². The van der Waals surface area contributed by atoms with E-state index in [-0.39, 0.29) is 12.6 Å². The second kappa shape index (κ2) is 6.51. The molecular formula is C13H19N3O4. The molecular weight excluding hydrogens is 262 g/mol. The van der Waals surface area contributed by atoms with E-state index in [0.29, 0.717) is 31.6 Å². The van der Waals surface area contributed by atoms with E-state index in [1.807, 2.05) is 18.7 Å². The Hall–Kier alpha value is -1.89.